The van der Waals surface area contributed by atoms with Crippen LogP contribution in [0.3, 0.4) is 0 Å². The predicted molar refractivity (Wildman–Crippen MR) is 90.3 cm³/mol. The fourth-order valence-electron chi connectivity index (χ4n) is 1.53. The van der Waals surface area contributed by atoms with Gasteiger partial charge in [-0.25, -0.2) is 0 Å². The molecule has 0 bridgehead atoms. The second-order valence-electron chi connectivity index (χ2n) is 4.15. The Morgan fingerprint density at radius 3 is 2.62 bits per heavy atom. The van der Waals surface area contributed by atoms with E-state index >= 15 is 0 Å². The van der Waals surface area contributed by atoms with Crippen molar-refractivity contribution in [1.29, 1.82) is 0 Å². The number of methoxy groups -OCH3 is 1. The molecule has 0 radical (unpaired) electrons. The summed E-state index contributed by atoms with van der Waals surface area (Å²) in [6.07, 6.45) is 0.980. The Kier molecular flexibility index (Phi) is 5.75. The van der Waals surface area contributed by atoms with Crippen LogP contribution < -0.4 is 15.4 Å². The highest BCUT2D eigenvalue weighted by Gasteiger charge is 2.08. The van der Waals surface area contributed by atoms with Crippen molar-refractivity contribution in [3.63, 3.8) is 0 Å². The van der Waals surface area contributed by atoms with Gasteiger partial charge >= 0.3 is 6.01 Å². The van der Waals surface area contributed by atoms with Crippen molar-refractivity contribution in [3.05, 3.63) is 27.1 Å². The molecule has 0 saturated heterocycles. The highest BCUT2D eigenvalue weighted by Crippen LogP contribution is 2.28. The summed E-state index contributed by atoms with van der Waals surface area (Å²) in [5.41, 5.74) is 0.846. The molecule has 0 aliphatic rings. The third kappa shape index (κ3) is 4.53. The molecule has 2 aromatic rings. The van der Waals surface area contributed by atoms with Gasteiger partial charge in [-0.2, -0.15) is 15.0 Å². The molecular weight excluding hydrogens is 402 g/mol. The quantitative estimate of drug-likeness (QED) is 0.742. The van der Waals surface area contributed by atoms with Crippen LogP contribution in [-0.4, -0.2) is 28.6 Å². The van der Waals surface area contributed by atoms with Crippen LogP contribution in [0.4, 0.5) is 17.6 Å². The minimum atomic E-state index is 0.261. The van der Waals surface area contributed by atoms with E-state index in [1.165, 1.54) is 7.11 Å². The van der Waals surface area contributed by atoms with Gasteiger partial charge in [-0.05, 0) is 40.5 Å². The maximum Gasteiger partial charge on any atom is 0.322 e. The monoisotopic (exact) mass is 415 g/mol. The number of hydrogen-bond acceptors (Lipinski definition) is 6. The fraction of sp³-hybridized carbons (Fsp3) is 0.308. The molecule has 0 aliphatic heterocycles. The first-order valence-corrected chi connectivity index (χ1v) is 7.97. The molecular formula is C13H15Br2N5O. The van der Waals surface area contributed by atoms with Crippen molar-refractivity contribution in [2.24, 2.45) is 0 Å². The second-order valence-corrected chi connectivity index (χ2v) is 5.92. The molecule has 0 unspecified atom stereocenters. The maximum absolute atomic E-state index is 5.10. The van der Waals surface area contributed by atoms with E-state index in [0.717, 1.165) is 27.6 Å². The standard InChI is InChI=1S/C13H15Br2N5O/c1-3-6-16-11-18-12(20-13(19-11)21-2)17-10-7-8(14)4-5-9(10)15/h4-5,7H,3,6H2,1-2H3,(H2,16,17,18,19,20). The third-order valence-electron chi connectivity index (χ3n) is 2.51. The molecule has 1 aromatic carbocycles. The highest BCUT2D eigenvalue weighted by molar-refractivity contribution is 9.11. The number of nitrogens with one attached hydrogen (secondary N) is 2. The summed E-state index contributed by atoms with van der Waals surface area (Å²) in [5.74, 6) is 0.900. The summed E-state index contributed by atoms with van der Waals surface area (Å²) in [6.45, 7) is 2.86. The van der Waals surface area contributed by atoms with Gasteiger partial charge in [-0.3, -0.25) is 0 Å². The van der Waals surface area contributed by atoms with Crippen molar-refractivity contribution in [3.8, 4) is 6.01 Å². The van der Waals surface area contributed by atoms with E-state index in [1.54, 1.807) is 0 Å². The zero-order valence-electron chi connectivity index (χ0n) is 11.7. The van der Waals surface area contributed by atoms with Gasteiger partial charge in [0.25, 0.3) is 0 Å². The van der Waals surface area contributed by atoms with Crippen molar-refractivity contribution in [1.82, 2.24) is 15.0 Å². The Bertz CT molecular complexity index is 624. The third-order valence-corrected chi connectivity index (χ3v) is 3.69. The molecule has 1 heterocycles. The molecule has 2 N–H and O–H groups in total. The average molecular weight is 417 g/mol. The molecule has 21 heavy (non-hydrogen) atoms. The molecule has 6 nitrogen and oxygen atoms in total. The number of hydrogen-bond donors (Lipinski definition) is 2. The largest absolute Gasteiger partial charge is 0.467 e. The number of aromatic nitrogens is 3. The topological polar surface area (TPSA) is 72.0 Å². The molecule has 0 amide bonds. The average Bonchev–Trinajstić information content (AvgIpc) is 2.48. The van der Waals surface area contributed by atoms with Gasteiger partial charge < -0.3 is 15.4 Å². The Labute approximate surface area is 140 Å². The summed E-state index contributed by atoms with van der Waals surface area (Å²) in [7, 11) is 1.53. The first-order chi connectivity index (χ1) is 10.1. The maximum atomic E-state index is 5.10. The summed E-state index contributed by atoms with van der Waals surface area (Å²) in [6, 6.07) is 6.06. The lowest BCUT2D eigenvalue weighted by Gasteiger charge is -2.10. The van der Waals surface area contributed by atoms with E-state index < -0.39 is 0 Å². The van der Waals surface area contributed by atoms with Crippen molar-refractivity contribution in [2.75, 3.05) is 24.3 Å². The number of benzene rings is 1. The van der Waals surface area contributed by atoms with Gasteiger partial charge in [0.2, 0.25) is 11.9 Å². The van der Waals surface area contributed by atoms with E-state index in [4.69, 9.17) is 4.74 Å². The van der Waals surface area contributed by atoms with Gasteiger partial charge in [0.1, 0.15) is 0 Å². The predicted octanol–water partition coefficient (Wildman–Crippen LogP) is 3.97. The van der Waals surface area contributed by atoms with E-state index in [1.807, 2.05) is 18.2 Å². The van der Waals surface area contributed by atoms with Gasteiger partial charge in [0, 0.05) is 15.5 Å². The molecule has 8 heteroatoms. The first-order valence-electron chi connectivity index (χ1n) is 6.38. The molecule has 1 aromatic heterocycles. The number of nitrogens with zero attached hydrogens (tertiary/aromatic N) is 3. The van der Waals surface area contributed by atoms with Gasteiger partial charge in [0.15, 0.2) is 0 Å². The minimum absolute atomic E-state index is 0.261. The smallest absolute Gasteiger partial charge is 0.322 e. The Hall–Kier alpha value is -1.41. The second kappa shape index (κ2) is 7.56. The van der Waals surface area contributed by atoms with E-state index in [-0.39, 0.29) is 6.01 Å². The zero-order chi connectivity index (χ0) is 15.2. The Balaban J connectivity index is 2.27. The number of halogens is 2. The van der Waals surface area contributed by atoms with E-state index in [2.05, 4.69) is 64.4 Å². The molecule has 0 spiro atoms. The van der Waals surface area contributed by atoms with Crippen LogP contribution in [-0.2, 0) is 0 Å². The zero-order valence-corrected chi connectivity index (χ0v) is 14.8. The minimum Gasteiger partial charge on any atom is -0.467 e. The summed E-state index contributed by atoms with van der Waals surface area (Å²) in [5, 5.41) is 6.26. The summed E-state index contributed by atoms with van der Waals surface area (Å²) >= 11 is 6.92. The molecule has 0 aliphatic carbocycles. The van der Waals surface area contributed by atoms with Crippen molar-refractivity contribution in [2.45, 2.75) is 13.3 Å². The normalized spacial score (nSPS) is 10.3. The first kappa shape index (κ1) is 16.0. The van der Waals surface area contributed by atoms with Crippen LogP contribution in [0.15, 0.2) is 27.1 Å². The van der Waals surface area contributed by atoms with Gasteiger partial charge in [0.05, 0.1) is 12.8 Å². The van der Waals surface area contributed by atoms with Crippen LogP contribution in [0.25, 0.3) is 0 Å². The molecule has 0 saturated carbocycles. The Morgan fingerprint density at radius 2 is 1.90 bits per heavy atom. The van der Waals surface area contributed by atoms with Gasteiger partial charge in [-0.15, -0.1) is 0 Å². The lowest BCUT2D eigenvalue weighted by atomic mass is 10.3. The molecule has 0 atom stereocenters. The summed E-state index contributed by atoms with van der Waals surface area (Å²) < 4.78 is 6.97. The molecule has 2 rings (SSSR count). The van der Waals surface area contributed by atoms with Crippen molar-refractivity contribution >= 4 is 49.4 Å². The van der Waals surface area contributed by atoms with Crippen LogP contribution in [0.1, 0.15) is 13.3 Å². The van der Waals surface area contributed by atoms with Crippen LogP contribution in [0.2, 0.25) is 0 Å². The van der Waals surface area contributed by atoms with Gasteiger partial charge in [-0.1, -0.05) is 22.9 Å². The van der Waals surface area contributed by atoms with E-state index in [0.29, 0.717) is 11.9 Å². The highest BCUT2D eigenvalue weighted by atomic mass is 79.9. The van der Waals surface area contributed by atoms with E-state index in [9.17, 15) is 0 Å². The number of anilines is 3. The lowest BCUT2D eigenvalue weighted by molar-refractivity contribution is 0.379. The lowest BCUT2D eigenvalue weighted by Crippen LogP contribution is -2.09. The Morgan fingerprint density at radius 1 is 1.14 bits per heavy atom. The summed E-state index contributed by atoms with van der Waals surface area (Å²) in [4.78, 5) is 12.7. The van der Waals surface area contributed by atoms with Crippen LogP contribution >= 0.6 is 31.9 Å². The SMILES string of the molecule is CCCNc1nc(Nc2cc(Br)ccc2Br)nc(OC)n1. The number of rotatable bonds is 6. The van der Waals surface area contributed by atoms with Crippen LogP contribution in [0.5, 0.6) is 6.01 Å². The molecule has 112 valence electrons. The van der Waals surface area contributed by atoms with Crippen LogP contribution in [0, 0.1) is 0 Å². The molecule has 0 fully saturated rings. The fourth-order valence-corrected chi connectivity index (χ4v) is 2.24. The van der Waals surface area contributed by atoms with Crippen molar-refractivity contribution < 1.29 is 4.74 Å². The number of ether oxygens (including phenoxy) is 1.